The van der Waals surface area contributed by atoms with Crippen LogP contribution in [0.15, 0.2) is 40.9 Å². The lowest BCUT2D eigenvalue weighted by atomic mass is 10.2. The third-order valence-corrected chi connectivity index (χ3v) is 3.97. The number of benzene rings is 2. The highest BCUT2D eigenvalue weighted by Gasteiger charge is 2.12. The highest BCUT2D eigenvalue weighted by molar-refractivity contribution is 6.31. The van der Waals surface area contributed by atoms with Gasteiger partial charge in [0.25, 0.3) is 0 Å². The molecule has 0 amide bonds. The molecule has 0 saturated carbocycles. The first kappa shape index (κ1) is 17.6. The second kappa shape index (κ2) is 7.76. The van der Waals surface area contributed by atoms with Gasteiger partial charge in [0, 0.05) is 11.3 Å². The third kappa shape index (κ3) is 3.71. The predicted molar refractivity (Wildman–Crippen MR) is 96.3 cm³/mol. The van der Waals surface area contributed by atoms with E-state index in [0.717, 1.165) is 11.3 Å². The fraction of sp³-hybridized carbons (Fsp3) is 0.167. The van der Waals surface area contributed by atoms with E-state index in [-0.39, 0.29) is 0 Å². The molecule has 3 aromatic rings. The van der Waals surface area contributed by atoms with Crippen LogP contribution in [-0.2, 0) is 6.54 Å². The number of anilines is 1. The van der Waals surface area contributed by atoms with Gasteiger partial charge in [0.15, 0.2) is 11.5 Å². The summed E-state index contributed by atoms with van der Waals surface area (Å²) in [6, 6.07) is 12.5. The van der Waals surface area contributed by atoms with Crippen molar-refractivity contribution in [3.8, 4) is 29.0 Å². The molecule has 0 aliphatic carbocycles. The van der Waals surface area contributed by atoms with Gasteiger partial charge in [-0.2, -0.15) is 10.2 Å². The van der Waals surface area contributed by atoms with Crippen LogP contribution in [0.25, 0.3) is 11.4 Å². The molecular weight excluding hydrogens is 356 g/mol. The van der Waals surface area contributed by atoms with Gasteiger partial charge in [-0.25, -0.2) is 0 Å². The smallest absolute Gasteiger partial charge is 0.246 e. The second-order valence-corrected chi connectivity index (χ2v) is 5.65. The molecule has 3 rings (SSSR count). The Labute approximate surface area is 155 Å². The number of hydrogen-bond donors (Lipinski definition) is 1. The fourth-order valence-corrected chi connectivity index (χ4v) is 2.48. The number of nitriles is 1. The number of hydrogen-bond acceptors (Lipinski definition) is 7. The molecule has 132 valence electrons. The highest BCUT2D eigenvalue weighted by atomic mass is 35.5. The molecule has 1 aromatic heterocycles. The molecule has 0 unspecified atom stereocenters. The molecule has 0 radical (unpaired) electrons. The maximum absolute atomic E-state index is 9.02. The average Bonchev–Trinajstić information content (AvgIpc) is 3.15. The van der Waals surface area contributed by atoms with Gasteiger partial charge in [-0.3, -0.25) is 0 Å². The number of nitrogens with one attached hydrogen (secondary N) is 1. The van der Waals surface area contributed by atoms with Gasteiger partial charge in [-0.1, -0.05) is 16.8 Å². The summed E-state index contributed by atoms with van der Waals surface area (Å²) in [5, 5.41) is 16.5. The number of nitrogens with zero attached hydrogens (tertiary/aromatic N) is 3. The van der Waals surface area contributed by atoms with Crippen molar-refractivity contribution in [2.24, 2.45) is 0 Å². The summed E-state index contributed by atoms with van der Waals surface area (Å²) in [4.78, 5) is 4.36. The standard InChI is InChI=1S/C18H15ClN4O3/c1-24-15-6-3-11(8-16(15)25-2)18-22-17(26-23-18)10-21-13-4-5-14(19)12(7-13)9-20/h3-8,21H,10H2,1-2H3. The summed E-state index contributed by atoms with van der Waals surface area (Å²) < 4.78 is 15.8. The van der Waals surface area contributed by atoms with Crippen molar-refractivity contribution in [2.45, 2.75) is 6.54 Å². The summed E-state index contributed by atoms with van der Waals surface area (Å²) in [5.74, 6) is 2.05. The Morgan fingerprint density at radius 1 is 1.15 bits per heavy atom. The van der Waals surface area contributed by atoms with Crippen LogP contribution in [0.5, 0.6) is 11.5 Å². The quantitative estimate of drug-likeness (QED) is 0.703. The summed E-state index contributed by atoms with van der Waals surface area (Å²) in [6.45, 7) is 0.312. The topological polar surface area (TPSA) is 93.2 Å². The normalized spacial score (nSPS) is 10.2. The molecule has 2 aromatic carbocycles. The van der Waals surface area contributed by atoms with E-state index < -0.39 is 0 Å². The molecule has 0 atom stereocenters. The van der Waals surface area contributed by atoms with Crippen molar-refractivity contribution in [3.05, 3.63) is 52.9 Å². The first-order valence-corrected chi connectivity index (χ1v) is 8.01. The van der Waals surface area contributed by atoms with E-state index >= 15 is 0 Å². The molecule has 0 aliphatic heterocycles. The van der Waals surface area contributed by atoms with Gasteiger partial charge in [-0.05, 0) is 36.4 Å². The molecule has 8 heteroatoms. The van der Waals surface area contributed by atoms with E-state index in [9.17, 15) is 0 Å². The average molecular weight is 371 g/mol. The van der Waals surface area contributed by atoms with E-state index in [1.807, 2.05) is 12.1 Å². The van der Waals surface area contributed by atoms with E-state index in [2.05, 4.69) is 15.5 Å². The number of rotatable bonds is 6. The van der Waals surface area contributed by atoms with E-state index in [4.69, 9.17) is 30.9 Å². The Morgan fingerprint density at radius 2 is 1.96 bits per heavy atom. The van der Waals surface area contributed by atoms with Crippen molar-refractivity contribution in [1.82, 2.24) is 10.1 Å². The lowest BCUT2D eigenvalue weighted by Gasteiger charge is -2.07. The second-order valence-electron chi connectivity index (χ2n) is 5.24. The summed E-state index contributed by atoms with van der Waals surface area (Å²) in [5.41, 5.74) is 1.88. The van der Waals surface area contributed by atoms with Crippen LogP contribution in [0, 0.1) is 11.3 Å². The van der Waals surface area contributed by atoms with E-state index in [1.54, 1.807) is 44.6 Å². The molecule has 0 aliphatic rings. The minimum absolute atomic E-state index is 0.312. The van der Waals surface area contributed by atoms with E-state index in [0.29, 0.717) is 40.3 Å². The Hall–Kier alpha value is -3.24. The van der Waals surface area contributed by atoms with E-state index in [1.165, 1.54) is 0 Å². The zero-order valence-electron chi connectivity index (χ0n) is 14.1. The van der Waals surface area contributed by atoms with Gasteiger partial charge in [-0.15, -0.1) is 0 Å². The largest absolute Gasteiger partial charge is 0.493 e. The van der Waals surface area contributed by atoms with Crippen LogP contribution >= 0.6 is 11.6 Å². The van der Waals surface area contributed by atoms with Crippen molar-refractivity contribution >= 4 is 17.3 Å². The highest BCUT2D eigenvalue weighted by Crippen LogP contribution is 2.31. The lowest BCUT2D eigenvalue weighted by Crippen LogP contribution is -2.00. The predicted octanol–water partition coefficient (Wildman–Crippen LogP) is 3.89. The summed E-state index contributed by atoms with van der Waals surface area (Å²) >= 11 is 5.92. The van der Waals surface area contributed by atoms with Crippen molar-refractivity contribution in [1.29, 1.82) is 5.26 Å². The Balaban J connectivity index is 1.73. The SMILES string of the molecule is COc1ccc(-c2noc(CNc3ccc(Cl)c(C#N)c3)n2)cc1OC. The van der Waals surface area contributed by atoms with Crippen molar-refractivity contribution in [2.75, 3.05) is 19.5 Å². The Bertz CT molecular complexity index is 965. The van der Waals surface area contributed by atoms with Crippen LogP contribution in [0.1, 0.15) is 11.5 Å². The molecular formula is C18H15ClN4O3. The Morgan fingerprint density at radius 3 is 2.69 bits per heavy atom. The molecule has 26 heavy (non-hydrogen) atoms. The third-order valence-electron chi connectivity index (χ3n) is 3.64. The van der Waals surface area contributed by atoms with Gasteiger partial charge in [0.05, 0.1) is 31.4 Å². The number of halogens is 1. The molecule has 0 bridgehead atoms. The maximum Gasteiger partial charge on any atom is 0.246 e. The Kier molecular flexibility index (Phi) is 5.25. The molecule has 1 heterocycles. The molecule has 7 nitrogen and oxygen atoms in total. The lowest BCUT2D eigenvalue weighted by molar-refractivity contribution is 0.355. The minimum atomic E-state index is 0.312. The first-order chi connectivity index (χ1) is 12.6. The monoisotopic (exact) mass is 370 g/mol. The van der Waals surface area contributed by atoms with Gasteiger partial charge < -0.3 is 19.3 Å². The van der Waals surface area contributed by atoms with Crippen molar-refractivity contribution < 1.29 is 14.0 Å². The van der Waals surface area contributed by atoms with Gasteiger partial charge in [0.1, 0.15) is 6.07 Å². The number of methoxy groups -OCH3 is 2. The zero-order chi connectivity index (χ0) is 18.5. The van der Waals surface area contributed by atoms with Crippen LogP contribution < -0.4 is 14.8 Å². The van der Waals surface area contributed by atoms with Crippen LogP contribution in [0.4, 0.5) is 5.69 Å². The molecule has 0 spiro atoms. The first-order valence-electron chi connectivity index (χ1n) is 7.63. The van der Waals surface area contributed by atoms with Crippen molar-refractivity contribution in [3.63, 3.8) is 0 Å². The number of ether oxygens (including phenoxy) is 2. The maximum atomic E-state index is 9.02. The minimum Gasteiger partial charge on any atom is -0.493 e. The summed E-state index contributed by atoms with van der Waals surface area (Å²) in [7, 11) is 3.14. The molecule has 0 saturated heterocycles. The molecule has 1 N–H and O–H groups in total. The fourth-order valence-electron chi connectivity index (χ4n) is 2.32. The van der Waals surface area contributed by atoms with Crippen LogP contribution in [0.3, 0.4) is 0 Å². The summed E-state index contributed by atoms with van der Waals surface area (Å²) in [6.07, 6.45) is 0. The van der Waals surface area contributed by atoms with Crippen LogP contribution in [-0.4, -0.2) is 24.4 Å². The molecule has 0 fully saturated rings. The van der Waals surface area contributed by atoms with Crippen LogP contribution in [0.2, 0.25) is 5.02 Å². The van der Waals surface area contributed by atoms with Gasteiger partial charge in [0.2, 0.25) is 11.7 Å². The zero-order valence-corrected chi connectivity index (χ0v) is 14.9. The van der Waals surface area contributed by atoms with Gasteiger partial charge >= 0.3 is 0 Å². The number of aromatic nitrogens is 2.